The summed E-state index contributed by atoms with van der Waals surface area (Å²) in [6.45, 7) is 2.60. The Morgan fingerprint density at radius 2 is 2.00 bits per heavy atom. The molecule has 2 aromatic carbocycles. The molecule has 0 radical (unpaired) electrons. The van der Waals surface area contributed by atoms with E-state index in [9.17, 15) is 4.79 Å². The second-order valence-corrected chi connectivity index (χ2v) is 5.75. The van der Waals surface area contributed by atoms with Crippen molar-refractivity contribution >= 4 is 17.5 Å². The van der Waals surface area contributed by atoms with Gasteiger partial charge in [-0.05, 0) is 36.8 Å². The molecule has 6 heteroatoms. The molecule has 0 saturated heterocycles. The van der Waals surface area contributed by atoms with Gasteiger partial charge in [0.05, 0.1) is 11.6 Å². The van der Waals surface area contributed by atoms with Gasteiger partial charge in [-0.1, -0.05) is 35.9 Å². The van der Waals surface area contributed by atoms with Crippen LogP contribution < -0.4 is 10.6 Å². The van der Waals surface area contributed by atoms with Gasteiger partial charge in [0.2, 0.25) is 5.95 Å². The minimum absolute atomic E-state index is 0.245. The zero-order valence-electron chi connectivity index (χ0n) is 14.2. The van der Waals surface area contributed by atoms with Crippen molar-refractivity contribution < 1.29 is 4.79 Å². The van der Waals surface area contributed by atoms with Gasteiger partial charge in [0.15, 0.2) is 0 Å². The van der Waals surface area contributed by atoms with Crippen molar-refractivity contribution in [3.63, 3.8) is 0 Å². The van der Waals surface area contributed by atoms with Crippen LogP contribution in [0.3, 0.4) is 0 Å². The Morgan fingerprint density at radius 3 is 2.81 bits per heavy atom. The fraction of sp³-hybridized carbons (Fsp3) is 0.100. The van der Waals surface area contributed by atoms with Crippen molar-refractivity contribution in [3.8, 4) is 6.07 Å². The topological polar surface area (TPSA) is 90.7 Å². The highest BCUT2D eigenvalue weighted by Crippen LogP contribution is 2.12. The van der Waals surface area contributed by atoms with Crippen LogP contribution in [0.15, 0.2) is 60.8 Å². The lowest BCUT2D eigenvalue weighted by Crippen LogP contribution is -2.15. The van der Waals surface area contributed by atoms with Gasteiger partial charge in [-0.25, -0.2) is 9.97 Å². The summed E-state index contributed by atoms with van der Waals surface area (Å²) in [6, 6.07) is 18.4. The summed E-state index contributed by atoms with van der Waals surface area (Å²) in [6.07, 6.45) is 1.53. The molecule has 0 unspecified atom stereocenters. The molecule has 0 aliphatic carbocycles. The van der Waals surface area contributed by atoms with Gasteiger partial charge in [-0.2, -0.15) is 5.26 Å². The molecule has 128 valence electrons. The van der Waals surface area contributed by atoms with Crippen LogP contribution in [-0.4, -0.2) is 15.9 Å². The molecule has 3 aromatic rings. The SMILES string of the molecule is Cc1cccc(CNc2nccc(C(=O)Nc3cccc(C#N)c3)n2)c1. The van der Waals surface area contributed by atoms with Gasteiger partial charge in [-0.15, -0.1) is 0 Å². The molecule has 0 fully saturated rings. The molecule has 26 heavy (non-hydrogen) atoms. The summed E-state index contributed by atoms with van der Waals surface area (Å²) >= 11 is 0. The molecule has 1 aromatic heterocycles. The maximum absolute atomic E-state index is 12.4. The first kappa shape index (κ1) is 17.1. The van der Waals surface area contributed by atoms with E-state index < -0.39 is 0 Å². The lowest BCUT2D eigenvalue weighted by Gasteiger charge is -2.08. The Bertz CT molecular complexity index is 978. The lowest BCUT2D eigenvalue weighted by molar-refractivity contribution is 0.102. The number of hydrogen-bond donors (Lipinski definition) is 2. The quantitative estimate of drug-likeness (QED) is 0.739. The van der Waals surface area contributed by atoms with Crippen molar-refractivity contribution in [2.24, 2.45) is 0 Å². The maximum atomic E-state index is 12.4. The van der Waals surface area contributed by atoms with E-state index in [1.54, 1.807) is 30.3 Å². The second kappa shape index (κ2) is 7.90. The lowest BCUT2D eigenvalue weighted by atomic mass is 10.1. The fourth-order valence-electron chi connectivity index (χ4n) is 2.44. The number of benzene rings is 2. The van der Waals surface area contributed by atoms with Crippen molar-refractivity contribution in [3.05, 3.63) is 83.2 Å². The van der Waals surface area contributed by atoms with Crippen molar-refractivity contribution in [1.82, 2.24) is 9.97 Å². The smallest absolute Gasteiger partial charge is 0.274 e. The number of nitrogens with zero attached hydrogens (tertiary/aromatic N) is 3. The van der Waals surface area contributed by atoms with E-state index in [0.29, 0.717) is 23.7 Å². The molecule has 1 amide bonds. The predicted octanol–water partition coefficient (Wildman–Crippen LogP) is 3.52. The van der Waals surface area contributed by atoms with E-state index in [4.69, 9.17) is 5.26 Å². The average Bonchev–Trinajstić information content (AvgIpc) is 2.67. The van der Waals surface area contributed by atoms with Crippen LogP contribution in [0.25, 0.3) is 0 Å². The third-order valence-corrected chi connectivity index (χ3v) is 3.67. The number of nitrogens with one attached hydrogen (secondary N) is 2. The first-order chi connectivity index (χ1) is 12.6. The van der Waals surface area contributed by atoms with Crippen LogP contribution in [0.5, 0.6) is 0 Å². The Kier molecular flexibility index (Phi) is 5.20. The summed E-state index contributed by atoms with van der Waals surface area (Å²) in [5.74, 6) is 0.0195. The molecule has 2 N–H and O–H groups in total. The molecular formula is C20H17N5O. The Balaban J connectivity index is 1.68. The number of carbonyl (C=O) groups is 1. The van der Waals surface area contributed by atoms with Crippen LogP contribution in [0.2, 0.25) is 0 Å². The largest absolute Gasteiger partial charge is 0.350 e. The van der Waals surface area contributed by atoms with Gasteiger partial charge < -0.3 is 10.6 Å². The first-order valence-electron chi connectivity index (χ1n) is 8.08. The summed E-state index contributed by atoms with van der Waals surface area (Å²) in [5.41, 5.74) is 3.55. The molecule has 0 bridgehead atoms. The molecule has 0 saturated carbocycles. The monoisotopic (exact) mass is 343 g/mol. The molecule has 3 rings (SSSR count). The minimum Gasteiger partial charge on any atom is -0.350 e. The number of amides is 1. The number of nitriles is 1. The highest BCUT2D eigenvalue weighted by molar-refractivity contribution is 6.03. The third-order valence-electron chi connectivity index (χ3n) is 3.67. The summed E-state index contributed by atoms with van der Waals surface area (Å²) in [4.78, 5) is 20.8. The number of hydrogen-bond acceptors (Lipinski definition) is 5. The van der Waals surface area contributed by atoms with Gasteiger partial charge in [0.1, 0.15) is 5.69 Å². The predicted molar refractivity (Wildman–Crippen MR) is 99.6 cm³/mol. The first-order valence-corrected chi connectivity index (χ1v) is 8.08. The molecule has 1 heterocycles. The van der Waals surface area contributed by atoms with Crippen LogP contribution in [0.1, 0.15) is 27.2 Å². The highest BCUT2D eigenvalue weighted by Gasteiger charge is 2.09. The Morgan fingerprint density at radius 1 is 1.15 bits per heavy atom. The van der Waals surface area contributed by atoms with Crippen molar-refractivity contribution in [1.29, 1.82) is 5.26 Å². The third kappa shape index (κ3) is 4.42. The van der Waals surface area contributed by atoms with Gasteiger partial charge in [-0.3, -0.25) is 4.79 Å². The van der Waals surface area contributed by atoms with Crippen LogP contribution in [-0.2, 0) is 6.54 Å². The molecular weight excluding hydrogens is 326 g/mol. The molecule has 0 atom stereocenters. The zero-order valence-corrected chi connectivity index (χ0v) is 14.2. The number of aryl methyl sites for hydroxylation is 1. The van der Waals surface area contributed by atoms with E-state index >= 15 is 0 Å². The van der Waals surface area contributed by atoms with E-state index in [1.165, 1.54) is 11.8 Å². The van der Waals surface area contributed by atoms with Gasteiger partial charge in [0.25, 0.3) is 5.91 Å². The van der Waals surface area contributed by atoms with Crippen molar-refractivity contribution in [2.45, 2.75) is 13.5 Å². The molecule has 6 nitrogen and oxygen atoms in total. The van der Waals surface area contributed by atoms with Crippen molar-refractivity contribution in [2.75, 3.05) is 10.6 Å². The Labute approximate surface area is 151 Å². The van der Waals surface area contributed by atoms with E-state index in [-0.39, 0.29) is 11.6 Å². The normalized spacial score (nSPS) is 10.0. The molecule has 0 aliphatic rings. The van der Waals surface area contributed by atoms with Crippen LogP contribution in [0.4, 0.5) is 11.6 Å². The summed E-state index contributed by atoms with van der Waals surface area (Å²) in [7, 11) is 0. The second-order valence-electron chi connectivity index (χ2n) is 5.75. The summed E-state index contributed by atoms with van der Waals surface area (Å²) < 4.78 is 0. The number of carbonyl (C=O) groups excluding carboxylic acids is 1. The highest BCUT2D eigenvalue weighted by atomic mass is 16.1. The average molecular weight is 343 g/mol. The number of anilines is 2. The van der Waals surface area contributed by atoms with Gasteiger partial charge >= 0.3 is 0 Å². The van der Waals surface area contributed by atoms with E-state index in [2.05, 4.69) is 26.7 Å². The maximum Gasteiger partial charge on any atom is 0.274 e. The fourth-order valence-corrected chi connectivity index (χ4v) is 2.44. The molecule has 0 aliphatic heterocycles. The van der Waals surface area contributed by atoms with E-state index in [1.807, 2.05) is 31.2 Å². The summed E-state index contributed by atoms with van der Waals surface area (Å²) in [5, 5.41) is 14.8. The van der Waals surface area contributed by atoms with Gasteiger partial charge in [0, 0.05) is 18.4 Å². The minimum atomic E-state index is -0.360. The number of aromatic nitrogens is 2. The molecule has 0 spiro atoms. The number of rotatable bonds is 5. The van der Waals surface area contributed by atoms with Crippen LogP contribution in [0, 0.1) is 18.3 Å². The van der Waals surface area contributed by atoms with Crippen LogP contribution >= 0.6 is 0 Å². The zero-order chi connectivity index (χ0) is 18.4. The van der Waals surface area contributed by atoms with E-state index in [0.717, 1.165) is 5.56 Å². The standard InChI is InChI=1S/C20H17N5O/c1-14-4-2-6-16(10-14)13-23-20-22-9-8-18(25-20)19(26)24-17-7-3-5-15(11-17)12-21/h2-11H,13H2,1H3,(H,24,26)(H,22,23,25). The Hall–Kier alpha value is -3.72.